The van der Waals surface area contributed by atoms with Crippen LogP contribution in [0.5, 0.6) is 5.75 Å². The third kappa shape index (κ3) is 2.64. The first-order chi connectivity index (χ1) is 12.0. The van der Waals surface area contributed by atoms with Gasteiger partial charge in [0.2, 0.25) is 0 Å². The van der Waals surface area contributed by atoms with Gasteiger partial charge in [0.25, 0.3) is 0 Å². The second-order valence-electron chi connectivity index (χ2n) is 6.27. The van der Waals surface area contributed by atoms with Gasteiger partial charge in [-0.05, 0) is 36.4 Å². The predicted molar refractivity (Wildman–Crippen MR) is 96.0 cm³/mol. The van der Waals surface area contributed by atoms with E-state index < -0.39 is 9.84 Å². The highest BCUT2D eigenvalue weighted by molar-refractivity contribution is 7.91. The fourth-order valence-corrected chi connectivity index (χ4v) is 5.56. The zero-order valence-electron chi connectivity index (χ0n) is 13.7. The normalized spacial score (nSPS) is 24.4. The molecule has 7 heteroatoms. The number of urea groups is 1. The van der Waals surface area contributed by atoms with Gasteiger partial charge in [0.05, 0.1) is 30.7 Å². The molecule has 2 heterocycles. The van der Waals surface area contributed by atoms with Crippen LogP contribution in [0.15, 0.2) is 54.6 Å². The number of para-hydroxylation sites is 1. The van der Waals surface area contributed by atoms with Crippen molar-refractivity contribution in [1.29, 1.82) is 0 Å². The van der Waals surface area contributed by atoms with Crippen LogP contribution in [0.1, 0.15) is 0 Å². The van der Waals surface area contributed by atoms with Gasteiger partial charge in [-0.2, -0.15) is 0 Å². The Hall–Kier alpha value is -2.54. The maximum atomic E-state index is 13.1. The Morgan fingerprint density at radius 3 is 1.92 bits per heavy atom. The van der Waals surface area contributed by atoms with Gasteiger partial charge in [0.1, 0.15) is 5.75 Å². The van der Waals surface area contributed by atoms with Gasteiger partial charge in [-0.25, -0.2) is 13.2 Å². The molecule has 25 heavy (non-hydrogen) atoms. The third-order valence-electron chi connectivity index (χ3n) is 4.75. The summed E-state index contributed by atoms with van der Waals surface area (Å²) in [5, 5.41) is 0. The molecule has 0 unspecified atom stereocenters. The van der Waals surface area contributed by atoms with Crippen molar-refractivity contribution in [2.75, 3.05) is 28.4 Å². The average Bonchev–Trinajstić information content (AvgIpc) is 3.04. The highest BCUT2D eigenvalue weighted by atomic mass is 32.2. The zero-order chi connectivity index (χ0) is 17.6. The molecule has 2 aromatic carbocycles. The number of rotatable bonds is 3. The van der Waals surface area contributed by atoms with Crippen molar-refractivity contribution in [3.05, 3.63) is 54.6 Å². The Bertz CT molecular complexity index is 896. The summed E-state index contributed by atoms with van der Waals surface area (Å²) in [6.07, 6.45) is 0. The molecule has 0 spiro atoms. The topological polar surface area (TPSA) is 66.9 Å². The molecule has 6 nitrogen and oxygen atoms in total. The van der Waals surface area contributed by atoms with Gasteiger partial charge in [-0.15, -0.1) is 0 Å². The fourth-order valence-electron chi connectivity index (χ4n) is 3.64. The maximum Gasteiger partial charge on any atom is 0.329 e. The fraction of sp³-hybridized carbons (Fsp3) is 0.278. The number of anilines is 2. The monoisotopic (exact) mass is 358 g/mol. The molecule has 0 aliphatic carbocycles. The van der Waals surface area contributed by atoms with E-state index in [0.29, 0.717) is 11.4 Å². The van der Waals surface area contributed by atoms with Crippen LogP contribution in [0.2, 0.25) is 0 Å². The lowest BCUT2D eigenvalue weighted by Crippen LogP contribution is -2.37. The Labute approximate surface area is 146 Å². The van der Waals surface area contributed by atoms with Crippen molar-refractivity contribution < 1.29 is 17.9 Å². The molecule has 4 rings (SSSR count). The van der Waals surface area contributed by atoms with Crippen molar-refractivity contribution in [3.8, 4) is 5.75 Å². The van der Waals surface area contributed by atoms with Crippen LogP contribution in [-0.2, 0) is 9.84 Å². The number of fused-ring (bicyclic) bond motifs is 1. The first kappa shape index (κ1) is 16.0. The first-order valence-corrected chi connectivity index (χ1v) is 9.84. The summed E-state index contributed by atoms with van der Waals surface area (Å²) >= 11 is 0. The quantitative estimate of drug-likeness (QED) is 0.790. The Balaban J connectivity index is 1.77. The summed E-state index contributed by atoms with van der Waals surface area (Å²) in [6, 6.07) is 15.4. The summed E-state index contributed by atoms with van der Waals surface area (Å²) in [5.41, 5.74) is 1.40. The van der Waals surface area contributed by atoms with E-state index >= 15 is 0 Å². The second kappa shape index (κ2) is 5.77. The van der Waals surface area contributed by atoms with E-state index in [-0.39, 0.29) is 29.6 Å². The number of hydrogen-bond acceptors (Lipinski definition) is 4. The summed E-state index contributed by atoms with van der Waals surface area (Å²) in [7, 11) is -1.61. The number of ether oxygens (including phenoxy) is 1. The van der Waals surface area contributed by atoms with Gasteiger partial charge in [0, 0.05) is 11.4 Å². The molecule has 0 N–H and O–H groups in total. The van der Waals surface area contributed by atoms with Crippen LogP contribution >= 0.6 is 0 Å². The number of carbonyl (C=O) groups excluding carboxylic acids is 1. The maximum absolute atomic E-state index is 13.1. The number of nitrogens with zero attached hydrogens (tertiary/aromatic N) is 2. The Kier molecular flexibility index (Phi) is 3.68. The standard InChI is InChI=1S/C18H18N2O4S/c1-24-15-9-7-14(8-10-15)20-17-12-25(22,23)11-16(17)19(18(20)21)13-5-3-2-4-6-13/h2-10,16-17H,11-12H2,1H3/t16-,17+/m0/s1. The molecule has 2 aliphatic heterocycles. The minimum absolute atomic E-state index is 0.00897. The molecule has 0 radical (unpaired) electrons. The predicted octanol–water partition coefficient (Wildman–Crippen LogP) is 2.31. The SMILES string of the molecule is COc1ccc(N2C(=O)N(c3ccccc3)[C@H]3CS(=O)(=O)C[C@H]32)cc1. The summed E-state index contributed by atoms with van der Waals surface area (Å²) in [6.45, 7) is 0. The molecule has 2 saturated heterocycles. The van der Waals surface area contributed by atoms with Gasteiger partial charge < -0.3 is 4.74 Å². The first-order valence-electron chi connectivity index (χ1n) is 8.02. The van der Waals surface area contributed by atoms with Gasteiger partial charge >= 0.3 is 6.03 Å². The molecule has 2 fully saturated rings. The van der Waals surface area contributed by atoms with Crippen LogP contribution < -0.4 is 14.5 Å². The minimum Gasteiger partial charge on any atom is -0.497 e. The van der Waals surface area contributed by atoms with E-state index in [0.717, 1.165) is 5.69 Å². The van der Waals surface area contributed by atoms with Crippen molar-refractivity contribution in [2.45, 2.75) is 12.1 Å². The summed E-state index contributed by atoms with van der Waals surface area (Å²) in [5.74, 6) is 0.662. The van der Waals surface area contributed by atoms with Crippen molar-refractivity contribution in [3.63, 3.8) is 0 Å². The molecule has 2 aliphatic rings. The molecule has 2 aromatic rings. The molecule has 0 saturated carbocycles. The van der Waals surface area contributed by atoms with Crippen molar-refractivity contribution in [1.82, 2.24) is 0 Å². The van der Waals surface area contributed by atoms with Gasteiger partial charge in [-0.3, -0.25) is 9.80 Å². The lowest BCUT2D eigenvalue weighted by atomic mass is 10.1. The molecule has 130 valence electrons. The number of sulfone groups is 1. The second-order valence-corrected chi connectivity index (χ2v) is 8.42. The van der Waals surface area contributed by atoms with Crippen molar-refractivity contribution in [2.24, 2.45) is 0 Å². The average molecular weight is 358 g/mol. The smallest absolute Gasteiger partial charge is 0.329 e. The lowest BCUT2D eigenvalue weighted by Gasteiger charge is -2.22. The molecule has 2 atom stereocenters. The van der Waals surface area contributed by atoms with Crippen LogP contribution in [-0.4, -0.2) is 45.1 Å². The van der Waals surface area contributed by atoms with E-state index in [1.807, 2.05) is 30.3 Å². The van der Waals surface area contributed by atoms with Gasteiger partial charge in [-0.1, -0.05) is 18.2 Å². The van der Waals surface area contributed by atoms with E-state index in [4.69, 9.17) is 4.74 Å². The van der Waals surface area contributed by atoms with Crippen molar-refractivity contribution >= 4 is 27.2 Å². The lowest BCUT2D eigenvalue weighted by molar-refractivity contribution is 0.255. The molecular formula is C18H18N2O4S. The van der Waals surface area contributed by atoms with Crippen LogP contribution in [0.3, 0.4) is 0 Å². The number of methoxy groups -OCH3 is 1. The van der Waals surface area contributed by atoms with Crippen LogP contribution in [0.25, 0.3) is 0 Å². The molecule has 0 aromatic heterocycles. The number of hydrogen-bond donors (Lipinski definition) is 0. The van der Waals surface area contributed by atoms with Crippen LogP contribution in [0, 0.1) is 0 Å². The van der Waals surface area contributed by atoms with E-state index in [1.54, 1.807) is 41.2 Å². The van der Waals surface area contributed by atoms with E-state index in [1.165, 1.54) is 0 Å². The summed E-state index contributed by atoms with van der Waals surface area (Å²) < 4.78 is 29.6. The third-order valence-corrected chi connectivity index (χ3v) is 6.45. The number of benzene rings is 2. The summed E-state index contributed by atoms with van der Waals surface area (Å²) in [4.78, 5) is 16.3. The highest BCUT2D eigenvalue weighted by Gasteiger charge is 2.54. The molecule has 2 amide bonds. The zero-order valence-corrected chi connectivity index (χ0v) is 14.5. The van der Waals surface area contributed by atoms with E-state index in [9.17, 15) is 13.2 Å². The minimum atomic E-state index is -3.18. The number of carbonyl (C=O) groups is 1. The Morgan fingerprint density at radius 2 is 1.40 bits per heavy atom. The Morgan fingerprint density at radius 1 is 0.880 bits per heavy atom. The highest BCUT2D eigenvalue weighted by Crippen LogP contribution is 2.38. The van der Waals surface area contributed by atoms with Gasteiger partial charge in [0.15, 0.2) is 9.84 Å². The number of amides is 2. The largest absolute Gasteiger partial charge is 0.497 e. The van der Waals surface area contributed by atoms with Crippen LogP contribution in [0.4, 0.5) is 16.2 Å². The molecular weight excluding hydrogens is 340 g/mol. The molecule has 0 bridgehead atoms. The van der Waals surface area contributed by atoms with E-state index in [2.05, 4.69) is 0 Å².